The van der Waals surface area contributed by atoms with Crippen LogP contribution in [0.4, 0.5) is 18.9 Å². The highest BCUT2D eigenvalue weighted by molar-refractivity contribution is 6.31. The molecule has 0 saturated carbocycles. The van der Waals surface area contributed by atoms with Crippen LogP contribution in [0, 0.1) is 0 Å². The van der Waals surface area contributed by atoms with Crippen molar-refractivity contribution in [3.63, 3.8) is 0 Å². The van der Waals surface area contributed by atoms with Gasteiger partial charge in [0.1, 0.15) is 23.0 Å². The summed E-state index contributed by atoms with van der Waals surface area (Å²) in [6.45, 7) is 3.14. The lowest BCUT2D eigenvalue weighted by molar-refractivity contribution is -0.137. The van der Waals surface area contributed by atoms with Crippen molar-refractivity contribution in [3.05, 3.63) is 82.4 Å². The quantitative estimate of drug-likeness (QED) is 0.385. The number of benzene rings is 3. The van der Waals surface area contributed by atoms with Gasteiger partial charge in [0.05, 0.1) is 18.2 Å². The molecule has 10 heteroatoms. The van der Waals surface area contributed by atoms with E-state index in [2.05, 4.69) is 4.99 Å². The zero-order valence-electron chi connectivity index (χ0n) is 20.1. The van der Waals surface area contributed by atoms with Gasteiger partial charge in [-0.05, 0) is 61.5 Å². The highest BCUT2D eigenvalue weighted by atomic mass is 35.5. The number of fused-ring (bicyclic) bond motifs is 2. The monoisotopic (exact) mass is 529 g/mol. The number of amidine groups is 1. The van der Waals surface area contributed by atoms with E-state index in [0.29, 0.717) is 53.1 Å². The molecule has 3 aromatic carbocycles. The molecule has 1 atom stereocenters. The number of rotatable bonds is 2. The summed E-state index contributed by atoms with van der Waals surface area (Å²) in [5.41, 5.74) is 0.347. The Morgan fingerprint density at radius 1 is 1.08 bits per heavy atom. The molecule has 2 aliphatic rings. The zero-order valence-corrected chi connectivity index (χ0v) is 20.8. The molecule has 0 aromatic heterocycles. The molecule has 37 heavy (non-hydrogen) atoms. The third-order valence-electron chi connectivity index (χ3n) is 6.42. The second kappa shape index (κ2) is 9.63. The molecule has 5 rings (SSSR count). The molecular weight excluding hydrogens is 507 g/mol. The van der Waals surface area contributed by atoms with Crippen molar-refractivity contribution in [2.75, 3.05) is 26.7 Å². The van der Waals surface area contributed by atoms with Crippen LogP contribution in [-0.2, 0) is 6.18 Å². The molecule has 3 aromatic rings. The van der Waals surface area contributed by atoms with Crippen molar-refractivity contribution in [2.24, 2.45) is 4.99 Å². The molecule has 192 valence electrons. The number of hydrogen-bond acceptors (Lipinski definition) is 5. The van der Waals surface area contributed by atoms with Crippen molar-refractivity contribution in [3.8, 4) is 17.2 Å². The van der Waals surface area contributed by atoms with Crippen LogP contribution in [0.5, 0.6) is 17.2 Å². The summed E-state index contributed by atoms with van der Waals surface area (Å²) in [5.74, 6) is 1.54. The fraction of sp³-hybridized carbons (Fsp3) is 0.259. The number of piperazine rings is 1. The summed E-state index contributed by atoms with van der Waals surface area (Å²) >= 11 is 6.07. The third kappa shape index (κ3) is 4.96. The Bertz CT molecular complexity index is 1390. The van der Waals surface area contributed by atoms with E-state index >= 15 is 0 Å². The zero-order chi connectivity index (χ0) is 26.3. The second-order valence-corrected chi connectivity index (χ2v) is 9.32. The molecule has 2 heterocycles. The molecule has 1 unspecified atom stereocenters. The van der Waals surface area contributed by atoms with Crippen LogP contribution < -0.4 is 9.47 Å². The number of methoxy groups -OCH3 is 1. The average molecular weight is 530 g/mol. The molecule has 0 radical (unpaired) electrons. The number of halogens is 4. The van der Waals surface area contributed by atoms with Gasteiger partial charge in [0.15, 0.2) is 5.75 Å². The molecule has 0 N–H and O–H groups in total. The number of aliphatic imine (C=N–C) groups is 1. The van der Waals surface area contributed by atoms with Crippen molar-refractivity contribution in [1.82, 2.24) is 9.80 Å². The fourth-order valence-corrected chi connectivity index (χ4v) is 4.73. The Balaban J connectivity index is 1.51. The lowest BCUT2D eigenvalue weighted by Gasteiger charge is -2.41. The number of ether oxygens (including phenoxy) is 2. The maximum Gasteiger partial charge on any atom is 0.416 e. The first-order valence-corrected chi connectivity index (χ1v) is 12.0. The average Bonchev–Trinajstić information content (AvgIpc) is 3.03. The van der Waals surface area contributed by atoms with E-state index in [1.54, 1.807) is 47.4 Å². The highest BCUT2D eigenvalue weighted by Gasteiger charge is 2.34. The molecule has 2 aliphatic heterocycles. The number of alkyl halides is 3. The smallest absolute Gasteiger partial charge is 0.416 e. The largest absolute Gasteiger partial charge is 0.497 e. The second-order valence-electron chi connectivity index (χ2n) is 8.88. The summed E-state index contributed by atoms with van der Waals surface area (Å²) in [4.78, 5) is 21.5. The summed E-state index contributed by atoms with van der Waals surface area (Å²) in [5, 5.41) is 0.479. The van der Waals surface area contributed by atoms with E-state index in [1.165, 1.54) is 13.2 Å². The minimum Gasteiger partial charge on any atom is -0.497 e. The molecule has 0 spiro atoms. The maximum absolute atomic E-state index is 13.4. The lowest BCUT2D eigenvalue weighted by atomic mass is 10.1. The first kappa shape index (κ1) is 25.0. The van der Waals surface area contributed by atoms with Gasteiger partial charge in [-0.25, -0.2) is 4.99 Å². The summed E-state index contributed by atoms with van der Waals surface area (Å²) in [7, 11) is 1.53. The van der Waals surface area contributed by atoms with Crippen LogP contribution >= 0.6 is 11.6 Å². The van der Waals surface area contributed by atoms with Gasteiger partial charge >= 0.3 is 6.18 Å². The van der Waals surface area contributed by atoms with Gasteiger partial charge in [0.2, 0.25) is 0 Å². The first-order valence-electron chi connectivity index (χ1n) is 11.6. The van der Waals surface area contributed by atoms with Gasteiger partial charge in [0.25, 0.3) is 5.91 Å². The Morgan fingerprint density at radius 2 is 1.86 bits per heavy atom. The Labute approximate surface area is 216 Å². The fourth-order valence-electron chi connectivity index (χ4n) is 4.54. The predicted molar refractivity (Wildman–Crippen MR) is 134 cm³/mol. The van der Waals surface area contributed by atoms with E-state index in [0.717, 1.165) is 12.1 Å². The standard InChI is InChI=1S/C27H23ClF3N3O3/c1-16-15-33(10-11-34(16)26(35)17-4-3-5-19(28)12-17)25-21-14-20(36-2)7-9-23(21)37-24-8-6-18(27(29,30)31)13-22(24)32-25/h3-9,12-14,16H,10-11,15H2,1-2H3. The number of amides is 1. The summed E-state index contributed by atoms with van der Waals surface area (Å²) in [6.07, 6.45) is -4.52. The third-order valence-corrected chi connectivity index (χ3v) is 6.65. The van der Waals surface area contributed by atoms with Gasteiger partial charge in [-0.2, -0.15) is 13.2 Å². The number of hydrogen-bond donors (Lipinski definition) is 0. The SMILES string of the molecule is COc1ccc2c(c1)C(N1CCN(C(=O)c3cccc(Cl)c3)C(C)C1)=Nc1cc(C(F)(F)F)ccc1O2. The van der Waals surface area contributed by atoms with E-state index in [9.17, 15) is 18.0 Å². The Kier molecular flexibility index (Phi) is 6.49. The lowest BCUT2D eigenvalue weighted by Crippen LogP contribution is -2.55. The van der Waals surface area contributed by atoms with E-state index in [1.807, 2.05) is 11.8 Å². The number of nitrogens with zero attached hydrogens (tertiary/aromatic N) is 3. The first-order chi connectivity index (χ1) is 17.6. The van der Waals surface area contributed by atoms with Crippen molar-refractivity contribution >= 4 is 29.0 Å². The maximum atomic E-state index is 13.4. The highest BCUT2D eigenvalue weighted by Crippen LogP contribution is 2.42. The van der Waals surface area contributed by atoms with Crippen LogP contribution in [0.1, 0.15) is 28.4 Å². The van der Waals surface area contributed by atoms with Crippen LogP contribution in [0.25, 0.3) is 0 Å². The number of carbonyl (C=O) groups is 1. The van der Waals surface area contributed by atoms with Gasteiger partial charge in [-0.3, -0.25) is 4.79 Å². The van der Waals surface area contributed by atoms with Gasteiger partial charge < -0.3 is 19.3 Å². The summed E-state index contributed by atoms with van der Waals surface area (Å²) in [6, 6.07) is 15.0. The molecule has 1 fully saturated rings. The van der Waals surface area contributed by atoms with E-state index in [-0.39, 0.29) is 23.4 Å². The van der Waals surface area contributed by atoms with Gasteiger partial charge in [-0.15, -0.1) is 0 Å². The van der Waals surface area contributed by atoms with Gasteiger partial charge in [-0.1, -0.05) is 17.7 Å². The van der Waals surface area contributed by atoms with Crippen LogP contribution in [-0.4, -0.2) is 54.3 Å². The Morgan fingerprint density at radius 3 is 2.57 bits per heavy atom. The van der Waals surface area contributed by atoms with Gasteiger partial charge in [0, 0.05) is 36.3 Å². The van der Waals surface area contributed by atoms with Crippen LogP contribution in [0.3, 0.4) is 0 Å². The normalized spacial score (nSPS) is 17.2. The molecular formula is C27H23ClF3N3O3. The summed E-state index contributed by atoms with van der Waals surface area (Å²) < 4.78 is 51.7. The molecule has 6 nitrogen and oxygen atoms in total. The van der Waals surface area contributed by atoms with E-state index in [4.69, 9.17) is 21.1 Å². The number of carbonyl (C=O) groups excluding carboxylic acids is 1. The van der Waals surface area contributed by atoms with E-state index < -0.39 is 11.7 Å². The molecule has 1 saturated heterocycles. The Hall–Kier alpha value is -3.72. The molecule has 0 bridgehead atoms. The topological polar surface area (TPSA) is 54.4 Å². The van der Waals surface area contributed by atoms with Crippen molar-refractivity contribution in [2.45, 2.75) is 19.1 Å². The predicted octanol–water partition coefficient (Wildman–Crippen LogP) is 6.40. The van der Waals surface area contributed by atoms with Crippen LogP contribution in [0.15, 0.2) is 65.7 Å². The minimum absolute atomic E-state index is 0.0741. The van der Waals surface area contributed by atoms with Crippen molar-refractivity contribution in [1.29, 1.82) is 0 Å². The minimum atomic E-state index is -4.52. The molecule has 1 amide bonds. The van der Waals surface area contributed by atoms with Crippen LogP contribution in [0.2, 0.25) is 5.02 Å². The molecule has 0 aliphatic carbocycles. The van der Waals surface area contributed by atoms with Crippen molar-refractivity contribution < 1.29 is 27.4 Å².